The molecule has 16 heavy (non-hydrogen) atoms. The Hall–Kier alpha value is -0.830. The molecule has 1 heterocycles. The molecule has 0 radical (unpaired) electrons. The largest absolute Gasteiger partial charge is 0.316 e. The summed E-state index contributed by atoms with van der Waals surface area (Å²) in [6, 6.07) is 0. The smallest absolute Gasteiger partial charge is 0.0521 e. The van der Waals surface area contributed by atoms with Gasteiger partial charge in [-0.2, -0.15) is 5.10 Å². The molecule has 0 aliphatic heterocycles. The fourth-order valence-corrected chi connectivity index (χ4v) is 1.90. The minimum atomic E-state index is 0.345. The van der Waals surface area contributed by atoms with Gasteiger partial charge in [0.05, 0.1) is 6.20 Å². The normalized spacial score (nSPS) is 15.0. The fourth-order valence-electron chi connectivity index (χ4n) is 1.90. The van der Waals surface area contributed by atoms with Gasteiger partial charge in [0.25, 0.3) is 0 Å². The van der Waals surface area contributed by atoms with E-state index in [0.29, 0.717) is 5.41 Å². The van der Waals surface area contributed by atoms with Crippen LogP contribution in [0.1, 0.15) is 39.7 Å². The van der Waals surface area contributed by atoms with E-state index in [1.165, 1.54) is 12.0 Å². The first-order chi connectivity index (χ1) is 7.63. The molecule has 0 fully saturated rings. The highest BCUT2D eigenvalue weighted by Gasteiger charge is 2.22. The summed E-state index contributed by atoms with van der Waals surface area (Å²) in [5, 5.41) is 7.78. The lowest BCUT2D eigenvalue weighted by Gasteiger charge is -2.28. The van der Waals surface area contributed by atoms with E-state index in [2.05, 4.69) is 44.3 Å². The minimum absolute atomic E-state index is 0.345. The highest BCUT2D eigenvalue weighted by molar-refractivity contribution is 5.07. The van der Waals surface area contributed by atoms with Gasteiger partial charge in [-0.1, -0.05) is 20.8 Å². The lowest BCUT2D eigenvalue weighted by molar-refractivity contribution is 0.293. The van der Waals surface area contributed by atoms with Crippen LogP contribution in [0.25, 0.3) is 0 Å². The van der Waals surface area contributed by atoms with E-state index in [1.807, 2.05) is 10.9 Å². The molecule has 92 valence electrons. The predicted octanol–water partition coefficient (Wildman–Crippen LogP) is 2.47. The third kappa shape index (κ3) is 3.63. The molecule has 0 aliphatic carbocycles. The number of aromatic nitrogens is 2. The molecule has 0 bridgehead atoms. The Kier molecular flexibility index (Phi) is 5.00. The summed E-state index contributed by atoms with van der Waals surface area (Å²) in [5.74, 6) is 0. The molecule has 0 saturated carbocycles. The molecule has 1 aromatic heterocycles. The standard InChI is InChI=1S/C13H25N3/c1-5-13(4,11-14-6-2)8-12-9-15-16(7-3)10-12/h9-10,14H,5-8,11H2,1-4H3. The van der Waals surface area contributed by atoms with E-state index in [9.17, 15) is 0 Å². The van der Waals surface area contributed by atoms with Crippen molar-refractivity contribution in [2.75, 3.05) is 13.1 Å². The van der Waals surface area contributed by atoms with Crippen LogP contribution in [0.5, 0.6) is 0 Å². The maximum atomic E-state index is 4.33. The first kappa shape index (κ1) is 13.2. The Bertz CT molecular complexity index is 306. The second-order valence-electron chi connectivity index (χ2n) is 4.83. The zero-order chi connectivity index (χ0) is 12.0. The van der Waals surface area contributed by atoms with Gasteiger partial charge in [-0.15, -0.1) is 0 Å². The van der Waals surface area contributed by atoms with Gasteiger partial charge >= 0.3 is 0 Å². The van der Waals surface area contributed by atoms with Crippen LogP contribution in [-0.4, -0.2) is 22.9 Å². The lowest BCUT2D eigenvalue weighted by Crippen LogP contribution is -2.33. The van der Waals surface area contributed by atoms with Crippen molar-refractivity contribution >= 4 is 0 Å². The Morgan fingerprint density at radius 3 is 2.62 bits per heavy atom. The molecule has 1 rings (SSSR count). The van der Waals surface area contributed by atoms with Crippen LogP contribution in [0.3, 0.4) is 0 Å². The van der Waals surface area contributed by atoms with Crippen molar-refractivity contribution in [2.45, 2.75) is 47.1 Å². The van der Waals surface area contributed by atoms with Crippen LogP contribution in [0.2, 0.25) is 0 Å². The van der Waals surface area contributed by atoms with Crippen LogP contribution < -0.4 is 5.32 Å². The molecule has 1 N–H and O–H groups in total. The molecular formula is C13H25N3. The molecular weight excluding hydrogens is 198 g/mol. The molecule has 1 atom stereocenters. The number of rotatable bonds is 7. The average molecular weight is 223 g/mol. The quantitative estimate of drug-likeness (QED) is 0.769. The SMILES string of the molecule is CCNCC(C)(CC)Cc1cnn(CC)c1. The summed E-state index contributed by atoms with van der Waals surface area (Å²) >= 11 is 0. The van der Waals surface area contributed by atoms with Gasteiger partial charge in [0.1, 0.15) is 0 Å². The first-order valence-electron chi connectivity index (χ1n) is 6.35. The molecule has 0 saturated heterocycles. The topological polar surface area (TPSA) is 29.9 Å². The van der Waals surface area contributed by atoms with Crippen molar-refractivity contribution in [1.82, 2.24) is 15.1 Å². The highest BCUT2D eigenvalue weighted by Crippen LogP contribution is 2.25. The number of nitrogens with one attached hydrogen (secondary N) is 1. The van der Waals surface area contributed by atoms with Gasteiger partial charge in [0.15, 0.2) is 0 Å². The Morgan fingerprint density at radius 2 is 2.12 bits per heavy atom. The van der Waals surface area contributed by atoms with E-state index in [-0.39, 0.29) is 0 Å². The number of nitrogens with zero attached hydrogens (tertiary/aromatic N) is 2. The van der Waals surface area contributed by atoms with E-state index in [0.717, 1.165) is 26.1 Å². The van der Waals surface area contributed by atoms with Crippen molar-refractivity contribution in [2.24, 2.45) is 5.41 Å². The number of hydrogen-bond acceptors (Lipinski definition) is 2. The average Bonchev–Trinajstić information content (AvgIpc) is 2.74. The number of aryl methyl sites for hydroxylation is 1. The summed E-state index contributed by atoms with van der Waals surface area (Å²) in [5.41, 5.74) is 1.70. The van der Waals surface area contributed by atoms with Gasteiger partial charge in [0.2, 0.25) is 0 Å². The second-order valence-corrected chi connectivity index (χ2v) is 4.83. The van der Waals surface area contributed by atoms with Gasteiger partial charge in [0, 0.05) is 19.3 Å². The molecule has 1 unspecified atom stereocenters. The predicted molar refractivity (Wildman–Crippen MR) is 68.5 cm³/mol. The van der Waals surface area contributed by atoms with Gasteiger partial charge in [-0.05, 0) is 37.3 Å². The van der Waals surface area contributed by atoms with E-state index >= 15 is 0 Å². The van der Waals surface area contributed by atoms with Crippen molar-refractivity contribution < 1.29 is 0 Å². The highest BCUT2D eigenvalue weighted by atomic mass is 15.3. The van der Waals surface area contributed by atoms with E-state index < -0.39 is 0 Å². The van der Waals surface area contributed by atoms with Crippen molar-refractivity contribution in [1.29, 1.82) is 0 Å². The third-order valence-electron chi connectivity index (χ3n) is 3.30. The van der Waals surface area contributed by atoms with Crippen molar-refractivity contribution in [3.63, 3.8) is 0 Å². The van der Waals surface area contributed by atoms with Gasteiger partial charge < -0.3 is 5.32 Å². The maximum absolute atomic E-state index is 4.33. The maximum Gasteiger partial charge on any atom is 0.0521 e. The van der Waals surface area contributed by atoms with Crippen LogP contribution in [0.15, 0.2) is 12.4 Å². The summed E-state index contributed by atoms with van der Waals surface area (Å²) in [6.07, 6.45) is 6.47. The summed E-state index contributed by atoms with van der Waals surface area (Å²) in [7, 11) is 0. The molecule has 3 nitrogen and oxygen atoms in total. The molecule has 0 aliphatic rings. The molecule has 1 aromatic rings. The van der Waals surface area contributed by atoms with Crippen molar-refractivity contribution in [3.05, 3.63) is 18.0 Å². The first-order valence-corrected chi connectivity index (χ1v) is 6.35. The van der Waals surface area contributed by atoms with Gasteiger partial charge in [-0.3, -0.25) is 4.68 Å². The van der Waals surface area contributed by atoms with E-state index in [1.54, 1.807) is 0 Å². The summed E-state index contributed by atoms with van der Waals surface area (Å²) < 4.78 is 2.00. The molecule has 0 amide bonds. The third-order valence-corrected chi connectivity index (χ3v) is 3.30. The molecule has 3 heteroatoms. The molecule has 0 aromatic carbocycles. The molecule has 0 spiro atoms. The summed E-state index contributed by atoms with van der Waals surface area (Å²) in [6.45, 7) is 12.0. The Balaban J connectivity index is 2.60. The zero-order valence-electron chi connectivity index (χ0n) is 11.1. The van der Waals surface area contributed by atoms with Crippen LogP contribution >= 0.6 is 0 Å². The lowest BCUT2D eigenvalue weighted by atomic mass is 9.82. The Labute approximate surface area is 99.2 Å². The van der Waals surface area contributed by atoms with Gasteiger partial charge in [-0.25, -0.2) is 0 Å². The second kappa shape index (κ2) is 6.04. The number of hydrogen-bond donors (Lipinski definition) is 1. The van der Waals surface area contributed by atoms with Crippen molar-refractivity contribution in [3.8, 4) is 0 Å². The van der Waals surface area contributed by atoms with Crippen LogP contribution in [-0.2, 0) is 13.0 Å². The van der Waals surface area contributed by atoms with Crippen LogP contribution in [0.4, 0.5) is 0 Å². The Morgan fingerprint density at radius 1 is 1.38 bits per heavy atom. The van der Waals surface area contributed by atoms with Crippen LogP contribution in [0, 0.1) is 5.41 Å². The van der Waals surface area contributed by atoms with E-state index in [4.69, 9.17) is 0 Å². The fraction of sp³-hybridized carbons (Fsp3) is 0.769. The summed E-state index contributed by atoms with van der Waals surface area (Å²) in [4.78, 5) is 0. The minimum Gasteiger partial charge on any atom is -0.316 e. The monoisotopic (exact) mass is 223 g/mol. The zero-order valence-corrected chi connectivity index (χ0v) is 11.1.